The van der Waals surface area contributed by atoms with E-state index in [1.807, 2.05) is 0 Å². The lowest BCUT2D eigenvalue weighted by Gasteiger charge is -2.46. The summed E-state index contributed by atoms with van der Waals surface area (Å²) in [7, 11) is 0. The van der Waals surface area contributed by atoms with E-state index in [9.17, 15) is 0 Å². The number of hydrogen-bond acceptors (Lipinski definition) is 6. The number of hydrogen-bond donors (Lipinski definition) is 0. The Balaban J connectivity index is 0.933. The number of aryl methyl sites for hydroxylation is 1. The van der Waals surface area contributed by atoms with Gasteiger partial charge in [-0.05, 0) is 190 Å². The number of anilines is 15. The molecule has 0 saturated heterocycles. The van der Waals surface area contributed by atoms with Crippen LogP contribution in [0.3, 0.4) is 0 Å². The summed E-state index contributed by atoms with van der Waals surface area (Å²) in [6, 6.07) is 116. The summed E-state index contributed by atoms with van der Waals surface area (Å²) in [6.07, 6.45) is 0. The molecule has 0 unspecified atom stereocenters. The molecule has 0 atom stereocenters. The summed E-state index contributed by atoms with van der Waals surface area (Å²) in [5.41, 5.74) is 25.2. The third kappa shape index (κ3) is 8.00. The van der Waals surface area contributed by atoms with Crippen molar-refractivity contribution in [3.05, 3.63) is 321 Å². The minimum atomic E-state index is -0.166. The summed E-state index contributed by atoms with van der Waals surface area (Å²) in [5.74, 6) is 1.74. The molecule has 4 aliphatic rings. The van der Waals surface area contributed by atoms with Crippen molar-refractivity contribution in [1.82, 2.24) is 0 Å². The van der Waals surface area contributed by atoms with Crippen molar-refractivity contribution >= 4 is 153 Å². The molecule has 4 aliphatic heterocycles. The molecule has 416 valence electrons. The van der Waals surface area contributed by atoms with Crippen LogP contribution >= 0.6 is 0 Å². The molecule has 0 N–H and O–H groups in total. The number of ether oxygens (including phenoxy) is 1. The average molecular weight is 1140 g/mol. The molecule has 18 rings (SSSR count). The fraction of sp³-hybridized carbons (Fsp3) is 0.0123. The van der Waals surface area contributed by atoms with Crippen LogP contribution in [0.5, 0.6) is 11.5 Å². The normalized spacial score (nSPS) is 13.0. The minimum Gasteiger partial charge on any atom is -0.458 e. The molecule has 14 aromatic rings. The Labute approximate surface area is 518 Å². The molecule has 0 radical (unpaired) electrons. The number of benzene rings is 14. The van der Waals surface area contributed by atoms with E-state index in [4.69, 9.17) is 4.74 Å². The van der Waals surface area contributed by atoms with Gasteiger partial charge in [0.05, 0.1) is 11.4 Å². The summed E-state index contributed by atoms with van der Waals surface area (Å²) in [5, 5.41) is 4.54. The Hall–Kier alpha value is -11.5. The van der Waals surface area contributed by atoms with Crippen molar-refractivity contribution in [3.63, 3.8) is 0 Å². The first-order chi connectivity index (χ1) is 44.1. The van der Waals surface area contributed by atoms with Gasteiger partial charge in [0.15, 0.2) is 0 Å². The van der Waals surface area contributed by atoms with Gasteiger partial charge in [0.2, 0.25) is 0 Å². The zero-order valence-electron chi connectivity index (χ0n) is 48.8. The highest BCUT2D eigenvalue weighted by molar-refractivity contribution is 7.03. The second-order valence-corrected chi connectivity index (χ2v) is 23.7. The van der Waals surface area contributed by atoms with Crippen LogP contribution in [0.1, 0.15) is 5.56 Å². The highest BCUT2D eigenvalue weighted by Crippen LogP contribution is 2.52. The quantitative estimate of drug-likeness (QED) is 0.134. The molecular formula is C81H55B2N5O. The first kappa shape index (κ1) is 50.8. The highest BCUT2D eigenvalue weighted by Gasteiger charge is 2.48. The lowest BCUT2D eigenvalue weighted by Crippen LogP contribution is -2.64. The second kappa shape index (κ2) is 20.3. The lowest BCUT2D eigenvalue weighted by atomic mass is 9.30. The van der Waals surface area contributed by atoms with Crippen LogP contribution in [0.2, 0.25) is 0 Å². The maximum atomic E-state index is 7.27. The van der Waals surface area contributed by atoms with E-state index < -0.39 is 0 Å². The van der Waals surface area contributed by atoms with Crippen LogP contribution in [0.4, 0.5) is 85.3 Å². The topological polar surface area (TPSA) is 25.4 Å². The number of rotatable bonds is 9. The van der Waals surface area contributed by atoms with Crippen molar-refractivity contribution in [2.24, 2.45) is 0 Å². The van der Waals surface area contributed by atoms with E-state index in [0.29, 0.717) is 0 Å². The molecule has 8 heteroatoms. The fourth-order valence-corrected chi connectivity index (χ4v) is 14.9. The Kier molecular flexibility index (Phi) is 11.6. The second-order valence-electron chi connectivity index (χ2n) is 23.7. The Morgan fingerprint density at radius 3 is 1.24 bits per heavy atom. The molecule has 0 amide bonds. The van der Waals surface area contributed by atoms with Gasteiger partial charge in [-0.25, -0.2) is 0 Å². The Bertz CT molecular complexity index is 5020. The zero-order valence-corrected chi connectivity index (χ0v) is 48.8. The van der Waals surface area contributed by atoms with E-state index in [2.05, 4.69) is 347 Å². The van der Waals surface area contributed by atoms with Crippen molar-refractivity contribution in [1.29, 1.82) is 0 Å². The maximum absolute atomic E-state index is 7.27. The molecule has 0 aromatic heterocycles. The van der Waals surface area contributed by atoms with Crippen molar-refractivity contribution in [2.45, 2.75) is 6.92 Å². The van der Waals surface area contributed by atoms with E-state index >= 15 is 0 Å². The summed E-state index contributed by atoms with van der Waals surface area (Å²) >= 11 is 0. The Morgan fingerprint density at radius 2 is 0.708 bits per heavy atom. The van der Waals surface area contributed by atoms with Gasteiger partial charge in [0.1, 0.15) is 11.5 Å². The summed E-state index contributed by atoms with van der Waals surface area (Å²) in [6.45, 7) is 1.85. The van der Waals surface area contributed by atoms with Crippen LogP contribution < -0.4 is 62.0 Å². The summed E-state index contributed by atoms with van der Waals surface area (Å²) < 4.78 is 7.27. The molecule has 6 nitrogen and oxygen atoms in total. The standard InChI is InChI=1S/C81H55B2N5O/c1-54-40-42-63(43-41-54)86-72-38-22-20-36-68(72)82-70-52-71-74(53-73(70)87(61-32-16-6-17-33-61)80-66-46-44-64(48-55(66)50-75(86)78(80)82)84(57-24-8-2-9-25-57)58-26-10-3-11-27-58)88(62-34-18-7-19-35-62)81-67-47-45-65(85(59-28-12-4-13-29-59)60-30-14-5-15-31-60)49-56(67)51-77-79(81)83(71)69-37-21-23-39-76(69)89-77/h2-53H,1H3. The zero-order chi connectivity index (χ0) is 58.7. The van der Waals surface area contributed by atoms with Gasteiger partial charge >= 0.3 is 0 Å². The predicted octanol–water partition coefficient (Wildman–Crippen LogP) is 17.7. The third-order valence-corrected chi connectivity index (χ3v) is 18.6. The Morgan fingerprint density at radius 1 is 0.281 bits per heavy atom. The number of nitrogens with zero attached hydrogens (tertiary/aromatic N) is 5. The largest absolute Gasteiger partial charge is 0.458 e. The van der Waals surface area contributed by atoms with E-state index in [1.54, 1.807) is 0 Å². The molecular weight excluding hydrogens is 1080 g/mol. The average Bonchev–Trinajstić information content (AvgIpc) is 0.692. The van der Waals surface area contributed by atoms with Gasteiger partial charge in [-0.3, -0.25) is 0 Å². The summed E-state index contributed by atoms with van der Waals surface area (Å²) in [4.78, 5) is 12.4. The predicted molar refractivity (Wildman–Crippen MR) is 375 cm³/mol. The van der Waals surface area contributed by atoms with Crippen molar-refractivity contribution in [2.75, 3.05) is 24.5 Å². The van der Waals surface area contributed by atoms with Crippen LogP contribution in [0.15, 0.2) is 315 Å². The SMILES string of the molecule is Cc1ccc(N2c3ccccc3B3c4cc5c(cc4N(c4ccccc4)c4c3c2cc2cc(N(c3ccccc3)c3ccccc3)ccc42)N(c2ccccc2)c2c3c(cc4cc(N(c6ccccc6)c6ccccc6)ccc24)Oc2ccccc2B53)cc1. The monoisotopic (exact) mass is 1140 g/mol. The lowest BCUT2D eigenvalue weighted by molar-refractivity contribution is 0.488. The maximum Gasteiger partial charge on any atom is 0.256 e. The fourth-order valence-electron chi connectivity index (χ4n) is 14.9. The van der Waals surface area contributed by atoms with Gasteiger partial charge in [0, 0.05) is 84.7 Å². The van der Waals surface area contributed by atoms with E-state index in [1.165, 1.54) is 44.2 Å². The molecule has 0 saturated carbocycles. The molecule has 4 heterocycles. The van der Waals surface area contributed by atoms with Crippen LogP contribution in [0, 0.1) is 6.92 Å². The molecule has 0 spiro atoms. The van der Waals surface area contributed by atoms with Crippen LogP contribution in [-0.4, -0.2) is 13.4 Å². The number of fused-ring (bicyclic) bond motifs is 12. The minimum absolute atomic E-state index is 0.152. The van der Waals surface area contributed by atoms with E-state index in [0.717, 1.165) is 113 Å². The van der Waals surface area contributed by atoms with Gasteiger partial charge < -0.3 is 29.2 Å². The first-order valence-corrected chi connectivity index (χ1v) is 30.7. The van der Waals surface area contributed by atoms with Gasteiger partial charge in [-0.1, -0.05) is 181 Å². The van der Waals surface area contributed by atoms with E-state index in [-0.39, 0.29) is 13.4 Å². The molecule has 89 heavy (non-hydrogen) atoms. The third-order valence-electron chi connectivity index (χ3n) is 18.6. The van der Waals surface area contributed by atoms with Gasteiger partial charge in [-0.2, -0.15) is 0 Å². The van der Waals surface area contributed by atoms with Gasteiger partial charge in [-0.15, -0.1) is 0 Å². The molecule has 14 aromatic carbocycles. The van der Waals surface area contributed by atoms with Crippen molar-refractivity contribution < 1.29 is 4.74 Å². The molecule has 0 bridgehead atoms. The highest BCUT2D eigenvalue weighted by atomic mass is 16.5. The molecule has 0 aliphatic carbocycles. The first-order valence-electron chi connectivity index (χ1n) is 30.7. The number of para-hydroxylation sites is 8. The van der Waals surface area contributed by atoms with Crippen molar-refractivity contribution in [3.8, 4) is 11.5 Å². The molecule has 0 fully saturated rings. The smallest absolute Gasteiger partial charge is 0.256 e. The van der Waals surface area contributed by atoms with Crippen LogP contribution in [-0.2, 0) is 0 Å². The van der Waals surface area contributed by atoms with Gasteiger partial charge in [0.25, 0.3) is 13.4 Å². The van der Waals surface area contributed by atoms with Crippen LogP contribution in [0.25, 0.3) is 21.5 Å².